The van der Waals surface area contributed by atoms with Gasteiger partial charge in [-0.3, -0.25) is 9.11 Å². The molecule has 0 fully saturated rings. The highest BCUT2D eigenvalue weighted by Crippen LogP contribution is 2.25. The van der Waals surface area contributed by atoms with Crippen LogP contribution in [-0.2, 0) is 30.7 Å². The van der Waals surface area contributed by atoms with Crippen LogP contribution in [0.4, 0.5) is 10.5 Å². The largest absolute Gasteiger partial charge is 0.758 e. The first-order valence-corrected chi connectivity index (χ1v) is 8.85. The Balaban J connectivity index is 3.17. The van der Waals surface area contributed by atoms with Crippen molar-refractivity contribution in [3.63, 3.8) is 0 Å². The number of rotatable bonds is 7. The van der Waals surface area contributed by atoms with E-state index in [1.165, 1.54) is 36.3 Å². The zero-order valence-corrected chi connectivity index (χ0v) is 13.5. The molecule has 1 aromatic rings. The van der Waals surface area contributed by atoms with Gasteiger partial charge >= 0.3 is 6.09 Å². The second-order valence-corrected chi connectivity index (χ2v) is 6.69. The van der Waals surface area contributed by atoms with Crippen molar-refractivity contribution in [3.8, 4) is 0 Å². The Hall–Kier alpha value is -1.53. The van der Waals surface area contributed by atoms with E-state index >= 15 is 0 Å². The first kappa shape index (κ1) is 18.5. The summed E-state index contributed by atoms with van der Waals surface area (Å²) in [5, 5.41) is 0. The van der Waals surface area contributed by atoms with Crippen LogP contribution < -0.4 is 9.79 Å². The fourth-order valence-corrected chi connectivity index (χ4v) is 2.63. The summed E-state index contributed by atoms with van der Waals surface area (Å²) in [5.41, 5.74) is 0.0607. The minimum Gasteiger partial charge on any atom is -0.758 e. The van der Waals surface area contributed by atoms with E-state index in [1.54, 1.807) is 0 Å². The summed E-state index contributed by atoms with van der Waals surface area (Å²) in [6.07, 6.45) is -0.0891. The van der Waals surface area contributed by atoms with Crippen molar-refractivity contribution in [2.75, 3.05) is 31.4 Å². The molecule has 0 aliphatic carbocycles. The lowest BCUT2D eigenvalue weighted by atomic mass is 10.3. The maximum Gasteiger partial charge on any atom is 0.434 e. The van der Waals surface area contributed by atoms with Gasteiger partial charge in [-0.2, -0.15) is 0 Å². The van der Waals surface area contributed by atoms with E-state index < -0.39 is 27.2 Å². The highest BCUT2D eigenvalue weighted by molar-refractivity contribution is 7.90. The Morgan fingerprint density at radius 2 is 2.05 bits per heavy atom. The molecular weight excluding hydrogens is 336 g/mol. The van der Waals surface area contributed by atoms with Gasteiger partial charge in [-0.1, -0.05) is 17.0 Å². The summed E-state index contributed by atoms with van der Waals surface area (Å²) in [7, 11) is -2.20. The van der Waals surface area contributed by atoms with Gasteiger partial charge in [0, 0.05) is 13.4 Å². The number of benzene rings is 1. The van der Waals surface area contributed by atoms with Gasteiger partial charge in [-0.25, -0.2) is 13.2 Å². The van der Waals surface area contributed by atoms with Crippen LogP contribution in [0.2, 0.25) is 0 Å². The number of amides is 1. The highest BCUT2D eigenvalue weighted by Gasteiger charge is 2.24. The molecule has 1 amide bonds. The Morgan fingerprint density at radius 3 is 2.59 bits per heavy atom. The minimum absolute atomic E-state index is 0.0327. The third-order valence-electron chi connectivity index (χ3n) is 2.49. The summed E-state index contributed by atoms with van der Waals surface area (Å²) < 4.78 is 49.2. The quantitative estimate of drug-likeness (QED) is 0.540. The van der Waals surface area contributed by atoms with Crippen LogP contribution in [0.1, 0.15) is 0 Å². The lowest BCUT2D eigenvalue weighted by Gasteiger charge is -2.23. The predicted molar refractivity (Wildman–Crippen MR) is 77.3 cm³/mol. The van der Waals surface area contributed by atoms with Crippen LogP contribution in [0.3, 0.4) is 0 Å². The lowest BCUT2D eigenvalue weighted by molar-refractivity contribution is 0.127. The maximum absolute atomic E-state index is 12.0. The van der Waals surface area contributed by atoms with Gasteiger partial charge in [0.2, 0.25) is 0 Å². The third-order valence-corrected chi connectivity index (χ3v) is 3.86. The molecule has 0 bridgehead atoms. The molecule has 1 atom stereocenters. The summed E-state index contributed by atoms with van der Waals surface area (Å²) >= 11 is -2.81. The molecule has 0 saturated heterocycles. The average Bonchev–Trinajstić information content (AvgIpc) is 2.45. The number of para-hydroxylation sites is 1. The van der Waals surface area contributed by atoms with Crippen molar-refractivity contribution in [1.29, 1.82) is 0 Å². The number of sulfone groups is 1. The van der Waals surface area contributed by atoms with E-state index in [0.29, 0.717) is 0 Å². The maximum atomic E-state index is 12.0. The number of nitrogens with zero attached hydrogens (tertiary/aromatic N) is 1. The van der Waals surface area contributed by atoms with E-state index in [0.717, 1.165) is 11.2 Å². The molecule has 0 radical (unpaired) electrons. The molecule has 1 rings (SSSR count). The van der Waals surface area contributed by atoms with Crippen LogP contribution in [0.15, 0.2) is 29.2 Å². The van der Waals surface area contributed by atoms with E-state index in [4.69, 9.17) is 4.74 Å². The number of hydrogen-bond donors (Lipinski definition) is 1. The summed E-state index contributed by atoms with van der Waals surface area (Å²) in [6, 6.07) is 5.78. The van der Waals surface area contributed by atoms with Crippen molar-refractivity contribution < 1.29 is 31.5 Å². The van der Waals surface area contributed by atoms with Crippen LogP contribution in [0.5, 0.6) is 0 Å². The first-order valence-electron chi connectivity index (χ1n) is 5.88. The number of nitrogens with one attached hydrogen (secondary N) is 1. The highest BCUT2D eigenvalue weighted by atomic mass is 32.2. The van der Waals surface area contributed by atoms with Crippen molar-refractivity contribution in [3.05, 3.63) is 24.3 Å². The fourth-order valence-electron chi connectivity index (χ4n) is 1.61. The Bertz CT molecular complexity index is 648. The summed E-state index contributed by atoms with van der Waals surface area (Å²) in [6.45, 7) is 0.0582. The molecule has 9 nitrogen and oxygen atoms in total. The normalized spacial score (nSPS) is 12.7. The monoisotopic (exact) mass is 351 g/mol. The van der Waals surface area contributed by atoms with Gasteiger partial charge in [-0.05, 0) is 12.1 Å². The van der Waals surface area contributed by atoms with Gasteiger partial charge in [0.05, 0.1) is 35.0 Å². The zero-order valence-electron chi connectivity index (χ0n) is 11.8. The molecule has 0 aliphatic heterocycles. The van der Waals surface area contributed by atoms with Gasteiger partial charge in [0.1, 0.15) is 0 Å². The number of methoxy groups -OCH3 is 1. The first-order chi connectivity index (χ1) is 10.3. The van der Waals surface area contributed by atoms with Crippen LogP contribution in [-0.4, -0.2) is 49.8 Å². The van der Waals surface area contributed by atoms with Crippen LogP contribution in [0.25, 0.3) is 0 Å². The second kappa shape index (κ2) is 8.19. The zero-order chi connectivity index (χ0) is 16.8. The van der Waals surface area contributed by atoms with Gasteiger partial charge in [-0.15, -0.1) is 0 Å². The molecule has 22 heavy (non-hydrogen) atoms. The fraction of sp³-hybridized carbons (Fsp3) is 0.364. The molecule has 0 spiro atoms. The Morgan fingerprint density at radius 1 is 1.41 bits per heavy atom. The topological polar surface area (TPSA) is 125 Å². The number of anilines is 1. The molecule has 0 aliphatic rings. The van der Waals surface area contributed by atoms with Crippen molar-refractivity contribution >= 4 is 32.9 Å². The smallest absolute Gasteiger partial charge is 0.434 e. The van der Waals surface area contributed by atoms with Crippen LogP contribution >= 0.6 is 0 Å². The van der Waals surface area contributed by atoms with Crippen molar-refractivity contribution in [1.82, 2.24) is 4.89 Å². The van der Waals surface area contributed by atoms with E-state index in [-0.39, 0.29) is 23.7 Å². The Kier molecular flexibility index (Phi) is 6.90. The van der Waals surface area contributed by atoms with Gasteiger partial charge in [0.15, 0.2) is 9.84 Å². The third kappa shape index (κ3) is 5.35. The molecule has 11 heteroatoms. The number of carbonyl (C=O) groups excluding carboxylic acids is 1. The standard InChI is InChI=1S/C11H16N2O7S2/c1-19-8-7-13(11(14)20-12-21(15)16)9-5-3-4-6-10(9)22(2,17)18/h3-6,12H,7-8H2,1-2H3,(H,15,16)/p-1. The molecule has 1 N–H and O–H groups in total. The average molecular weight is 351 g/mol. The molecule has 1 aromatic carbocycles. The minimum atomic E-state index is -3.60. The second-order valence-electron chi connectivity index (χ2n) is 4.07. The molecule has 1 unspecified atom stereocenters. The number of carbonyl (C=O) groups is 1. The number of ether oxygens (including phenoxy) is 1. The van der Waals surface area contributed by atoms with Gasteiger partial charge in [0.25, 0.3) is 0 Å². The van der Waals surface area contributed by atoms with Gasteiger partial charge < -0.3 is 14.1 Å². The summed E-state index contributed by atoms with van der Waals surface area (Å²) in [5.74, 6) is 0. The Labute approximate surface area is 130 Å². The van der Waals surface area contributed by atoms with E-state index in [9.17, 15) is 22.0 Å². The van der Waals surface area contributed by atoms with Crippen molar-refractivity contribution in [2.24, 2.45) is 0 Å². The SMILES string of the molecule is COCCN(C(=O)ONS(=O)[O-])c1ccccc1S(C)(=O)=O. The van der Waals surface area contributed by atoms with E-state index in [1.807, 2.05) is 0 Å². The van der Waals surface area contributed by atoms with Crippen LogP contribution in [0, 0.1) is 0 Å². The number of hydrogen-bond acceptors (Lipinski definition) is 7. The molecular formula is C11H15N2O7S2-. The lowest BCUT2D eigenvalue weighted by Crippen LogP contribution is -2.38. The predicted octanol–water partition coefficient (Wildman–Crippen LogP) is -0.0218. The molecule has 0 aromatic heterocycles. The molecule has 0 saturated carbocycles. The molecule has 0 heterocycles. The summed E-state index contributed by atoms with van der Waals surface area (Å²) in [4.78, 5) is 18.6. The molecule has 124 valence electrons. The van der Waals surface area contributed by atoms with Crippen molar-refractivity contribution in [2.45, 2.75) is 4.90 Å². The van der Waals surface area contributed by atoms with E-state index in [2.05, 4.69) is 4.84 Å².